The fraction of sp³-hybridized carbons (Fsp3) is 0.818. The largest absolute Gasteiger partial charge is 0.378 e. The summed E-state index contributed by atoms with van der Waals surface area (Å²) < 4.78 is 5.24. The van der Waals surface area contributed by atoms with Gasteiger partial charge in [-0.05, 0) is 13.3 Å². The molecule has 0 fully saturated rings. The first-order valence-corrected chi connectivity index (χ1v) is 4.99. The van der Waals surface area contributed by atoms with Gasteiger partial charge in [0.25, 0.3) is 0 Å². The lowest BCUT2D eigenvalue weighted by atomic mass is 10.2. The van der Waals surface area contributed by atoms with E-state index in [0.717, 1.165) is 13.0 Å². The van der Waals surface area contributed by atoms with Gasteiger partial charge in [0.2, 0.25) is 0 Å². The maximum Gasteiger partial charge on any atom is 0.137 e. The average molecular weight is 184 g/mol. The van der Waals surface area contributed by atoms with E-state index in [0.29, 0.717) is 6.61 Å². The molecule has 0 aliphatic carbocycles. The van der Waals surface area contributed by atoms with Crippen LogP contribution < -0.4 is 0 Å². The van der Waals surface area contributed by atoms with Crippen molar-refractivity contribution in [3.8, 4) is 11.8 Å². The summed E-state index contributed by atoms with van der Waals surface area (Å²) in [5.74, 6) is 5.28. The molecule has 0 aromatic heterocycles. The molecule has 0 aliphatic heterocycles. The van der Waals surface area contributed by atoms with Gasteiger partial charge in [-0.3, -0.25) is 0 Å². The smallest absolute Gasteiger partial charge is 0.137 e. The molecule has 1 unspecified atom stereocenters. The topological polar surface area (TPSA) is 29.5 Å². The van der Waals surface area contributed by atoms with E-state index in [-0.39, 0.29) is 0 Å². The monoisotopic (exact) mass is 184 g/mol. The molecule has 2 nitrogen and oxygen atoms in total. The zero-order valence-corrected chi connectivity index (χ0v) is 8.68. The third-order valence-corrected chi connectivity index (χ3v) is 1.73. The highest BCUT2D eigenvalue weighted by molar-refractivity contribution is 5.01. The molecule has 13 heavy (non-hydrogen) atoms. The standard InChI is InChI=1S/C11H20O2/c1-3-5-6-7-9-13-10-11(12)8-4-2/h11-12H,3,5-7,9-10H2,1-2H3. The first-order chi connectivity index (χ1) is 6.31. The summed E-state index contributed by atoms with van der Waals surface area (Å²) in [4.78, 5) is 0. The Labute approximate surface area is 81.3 Å². The Bertz CT molecular complexity index is 155. The minimum Gasteiger partial charge on any atom is -0.378 e. The maximum absolute atomic E-state index is 9.15. The Balaban J connectivity index is 3.10. The van der Waals surface area contributed by atoms with Gasteiger partial charge < -0.3 is 9.84 Å². The number of hydrogen-bond acceptors (Lipinski definition) is 2. The highest BCUT2D eigenvalue weighted by Gasteiger charge is 1.97. The van der Waals surface area contributed by atoms with Crippen molar-refractivity contribution in [1.29, 1.82) is 0 Å². The van der Waals surface area contributed by atoms with Gasteiger partial charge in [-0.15, -0.1) is 5.92 Å². The SMILES string of the molecule is CC#CC(O)COCCCCCC. The molecule has 0 amide bonds. The van der Waals surface area contributed by atoms with Crippen LogP contribution in [0.25, 0.3) is 0 Å². The van der Waals surface area contributed by atoms with Crippen molar-refractivity contribution in [2.75, 3.05) is 13.2 Å². The predicted molar refractivity (Wildman–Crippen MR) is 54.4 cm³/mol. The summed E-state index contributed by atoms with van der Waals surface area (Å²) >= 11 is 0. The molecule has 0 heterocycles. The molecule has 0 saturated carbocycles. The van der Waals surface area contributed by atoms with Gasteiger partial charge in [-0.2, -0.15) is 0 Å². The van der Waals surface area contributed by atoms with Crippen molar-refractivity contribution in [3.63, 3.8) is 0 Å². The normalized spacial score (nSPS) is 11.9. The number of ether oxygens (including phenoxy) is 1. The van der Waals surface area contributed by atoms with Crippen LogP contribution in [-0.2, 0) is 4.74 Å². The third-order valence-electron chi connectivity index (χ3n) is 1.73. The minimum absolute atomic E-state index is 0.340. The first-order valence-electron chi connectivity index (χ1n) is 4.99. The van der Waals surface area contributed by atoms with Crippen LogP contribution in [0.1, 0.15) is 39.5 Å². The summed E-state index contributed by atoms with van der Waals surface area (Å²) in [5.41, 5.74) is 0. The van der Waals surface area contributed by atoms with Gasteiger partial charge in [0.15, 0.2) is 0 Å². The second-order valence-electron chi connectivity index (χ2n) is 3.05. The lowest BCUT2D eigenvalue weighted by Crippen LogP contribution is -2.13. The zero-order valence-electron chi connectivity index (χ0n) is 8.68. The molecule has 0 aliphatic rings. The van der Waals surface area contributed by atoms with E-state index in [4.69, 9.17) is 9.84 Å². The van der Waals surface area contributed by atoms with E-state index in [1.807, 2.05) is 0 Å². The Hall–Kier alpha value is -0.520. The average Bonchev–Trinajstić information content (AvgIpc) is 2.11. The zero-order chi connectivity index (χ0) is 9.94. The number of rotatable bonds is 7. The number of aliphatic hydroxyl groups excluding tert-OH is 1. The summed E-state index contributed by atoms with van der Waals surface area (Å²) in [5, 5.41) is 9.15. The van der Waals surface area contributed by atoms with Gasteiger partial charge in [-0.1, -0.05) is 32.1 Å². The van der Waals surface area contributed by atoms with E-state index in [9.17, 15) is 0 Å². The molecule has 0 saturated heterocycles. The van der Waals surface area contributed by atoms with Gasteiger partial charge in [0.1, 0.15) is 6.10 Å². The molecule has 0 spiro atoms. The van der Waals surface area contributed by atoms with Gasteiger partial charge in [0.05, 0.1) is 6.61 Å². The lowest BCUT2D eigenvalue weighted by Gasteiger charge is -2.04. The van der Waals surface area contributed by atoms with Crippen LogP contribution >= 0.6 is 0 Å². The molecule has 1 N–H and O–H groups in total. The Kier molecular flexibility index (Phi) is 9.18. The van der Waals surface area contributed by atoms with Crippen LogP contribution in [0.4, 0.5) is 0 Å². The molecular formula is C11H20O2. The van der Waals surface area contributed by atoms with E-state index < -0.39 is 6.10 Å². The van der Waals surface area contributed by atoms with Crippen molar-refractivity contribution in [2.45, 2.75) is 45.6 Å². The van der Waals surface area contributed by atoms with Crippen molar-refractivity contribution < 1.29 is 9.84 Å². The summed E-state index contributed by atoms with van der Waals surface area (Å²) in [7, 11) is 0. The van der Waals surface area contributed by atoms with Crippen molar-refractivity contribution in [3.05, 3.63) is 0 Å². The summed E-state index contributed by atoms with van der Waals surface area (Å²) in [6.45, 7) is 4.97. The molecular weight excluding hydrogens is 164 g/mol. The number of aliphatic hydroxyl groups is 1. The molecule has 76 valence electrons. The molecule has 0 radical (unpaired) electrons. The van der Waals surface area contributed by atoms with Gasteiger partial charge in [-0.25, -0.2) is 0 Å². The first kappa shape index (κ1) is 12.5. The highest BCUT2D eigenvalue weighted by Crippen LogP contribution is 1.98. The minimum atomic E-state index is -0.615. The van der Waals surface area contributed by atoms with E-state index in [1.165, 1.54) is 19.3 Å². The van der Waals surface area contributed by atoms with E-state index >= 15 is 0 Å². The Morgan fingerprint density at radius 3 is 2.69 bits per heavy atom. The molecule has 0 aromatic rings. The highest BCUT2D eigenvalue weighted by atomic mass is 16.5. The quantitative estimate of drug-likeness (QED) is 0.484. The summed E-state index contributed by atoms with van der Waals surface area (Å²) in [6.07, 6.45) is 4.19. The van der Waals surface area contributed by atoms with Crippen LogP contribution in [0.3, 0.4) is 0 Å². The van der Waals surface area contributed by atoms with Crippen molar-refractivity contribution in [2.24, 2.45) is 0 Å². The fourth-order valence-corrected chi connectivity index (χ4v) is 1.03. The van der Waals surface area contributed by atoms with Crippen LogP contribution in [0.15, 0.2) is 0 Å². The van der Waals surface area contributed by atoms with E-state index in [1.54, 1.807) is 6.92 Å². The van der Waals surface area contributed by atoms with Crippen LogP contribution in [-0.4, -0.2) is 24.4 Å². The Morgan fingerprint density at radius 1 is 1.31 bits per heavy atom. The molecule has 0 rings (SSSR count). The van der Waals surface area contributed by atoms with Gasteiger partial charge in [0, 0.05) is 6.61 Å². The van der Waals surface area contributed by atoms with Crippen LogP contribution in [0, 0.1) is 11.8 Å². The third kappa shape index (κ3) is 9.39. The fourth-order valence-electron chi connectivity index (χ4n) is 1.03. The number of unbranched alkanes of at least 4 members (excludes halogenated alkanes) is 3. The van der Waals surface area contributed by atoms with Gasteiger partial charge >= 0.3 is 0 Å². The Morgan fingerprint density at radius 2 is 2.08 bits per heavy atom. The van der Waals surface area contributed by atoms with E-state index in [2.05, 4.69) is 18.8 Å². The second kappa shape index (κ2) is 9.57. The van der Waals surface area contributed by atoms with Crippen LogP contribution in [0.2, 0.25) is 0 Å². The van der Waals surface area contributed by atoms with Crippen molar-refractivity contribution in [1.82, 2.24) is 0 Å². The predicted octanol–water partition coefficient (Wildman–Crippen LogP) is 1.97. The maximum atomic E-state index is 9.15. The molecule has 0 aromatic carbocycles. The lowest BCUT2D eigenvalue weighted by molar-refractivity contribution is 0.0618. The number of hydrogen-bond donors (Lipinski definition) is 1. The second-order valence-corrected chi connectivity index (χ2v) is 3.05. The molecule has 0 bridgehead atoms. The molecule has 2 heteroatoms. The van der Waals surface area contributed by atoms with Crippen LogP contribution in [0.5, 0.6) is 0 Å². The summed E-state index contributed by atoms with van der Waals surface area (Å²) in [6, 6.07) is 0. The molecule has 1 atom stereocenters. The van der Waals surface area contributed by atoms with Crippen molar-refractivity contribution >= 4 is 0 Å².